The van der Waals surface area contributed by atoms with Gasteiger partial charge < -0.3 is 0 Å². The highest BCUT2D eigenvalue weighted by molar-refractivity contribution is 9.10. The lowest BCUT2D eigenvalue weighted by Crippen LogP contribution is -1.98. The van der Waals surface area contributed by atoms with Crippen LogP contribution in [-0.4, -0.2) is 14.8 Å². The van der Waals surface area contributed by atoms with E-state index in [4.69, 9.17) is 11.0 Å². The van der Waals surface area contributed by atoms with Gasteiger partial charge in [0.2, 0.25) is 0 Å². The second-order valence-corrected chi connectivity index (χ2v) is 2.85. The summed E-state index contributed by atoms with van der Waals surface area (Å²) in [4.78, 5) is 3.71. The molecule has 0 unspecified atom stereocenters. The van der Waals surface area contributed by atoms with Crippen molar-refractivity contribution in [1.82, 2.24) is 14.8 Å². The molecule has 0 amide bonds. The molecule has 0 aliphatic heterocycles. The van der Waals surface area contributed by atoms with Crippen LogP contribution in [0.15, 0.2) is 34.9 Å². The van der Waals surface area contributed by atoms with Gasteiger partial charge in [-0.2, -0.15) is 5.10 Å². The zero-order valence-electron chi connectivity index (χ0n) is 14.2. The third-order valence-corrected chi connectivity index (χ3v) is 1.58. The second kappa shape index (κ2) is 3.30. The fourth-order valence-corrected chi connectivity index (χ4v) is 0.993. The average Bonchev–Trinajstić information content (AvgIpc) is 2.63. The van der Waals surface area contributed by atoms with Gasteiger partial charge in [0.1, 0.15) is 4.60 Å². The molecule has 0 aromatic carbocycles. The molecule has 0 saturated carbocycles. The third kappa shape index (κ3) is 1.78. The van der Waals surface area contributed by atoms with Crippen LogP contribution in [0.2, 0.25) is 0 Å². The Kier molecular flexibility index (Phi) is 0.813. The van der Waals surface area contributed by atoms with Gasteiger partial charge >= 0.3 is 0 Å². The van der Waals surface area contributed by atoms with Gasteiger partial charge in [-0.3, -0.25) is 0 Å². The highest BCUT2D eigenvalue weighted by Crippen LogP contribution is 2.09. The first-order chi connectivity index (χ1) is 9.55. The summed E-state index contributed by atoms with van der Waals surface area (Å²) in [6.45, 7) is -2.73. The summed E-state index contributed by atoms with van der Waals surface area (Å²) in [5.41, 5.74) is -0.643. The highest BCUT2D eigenvalue weighted by Gasteiger charge is 1.99. The number of halogens is 1. The monoisotopic (exact) mass is 245 g/mol. The molecule has 2 aromatic rings. The number of pyridine rings is 1. The molecule has 0 N–H and O–H groups in total. The summed E-state index contributed by atoms with van der Waals surface area (Å²) in [6.07, 6.45) is -0.406. The fourth-order valence-electron chi connectivity index (χ4n) is 0.746. The second-order valence-electron chi connectivity index (χ2n) is 2.10. The largest absolute Gasteiger partial charge is 0.234 e. The van der Waals surface area contributed by atoms with Gasteiger partial charge in [0.25, 0.3) is 0 Å². The minimum atomic E-state index is -2.73. The zero-order valence-corrected chi connectivity index (χ0v) is 7.81. The number of aromatic nitrogens is 3. The van der Waals surface area contributed by atoms with Crippen LogP contribution in [0.25, 0.3) is 5.82 Å². The van der Waals surface area contributed by atoms with Crippen LogP contribution in [0.1, 0.15) is 16.7 Å². The lowest BCUT2D eigenvalue weighted by Gasteiger charge is -1.99. The van der Waals surface area contributed by atoms with Crippen molar-refractivity contribution in [3.05, 3.63) is 40.6 Å². The Bertz CT molecular complexity index is 723. The fraction of sp³-hybridized carbons (Fsp3) is 0.111. The third-order valence-electron chi connectivity index (χ3n) is 1.23. The van der Waals surface area contributed by atoms with Crippen molar-refractivity contribution in [3.8, 4) is 5.82 Å². The maximum absolute atomic E-state index is 7.78. The molecule has 0 spiro atoms. The van der Waals surface area contributed by atoms with E-state index in [0.29, 0.717) is 0 Å². The van der Waals surface area contributed by atoms with E-state index < -0.39 is 36.8 Å². The maximum atomic E-state index is 7.78. The Hall–Kier alpha value is -1.16. The molecule has 0 aliphatic carbocycles. The van der Waals surface area contributed by atoms with E-state index in [1.807, 2.05) is 0 Å². The maximum Gasteiger partial charge on any atom is 0.153 e. The van der Waals surface area contributed by atoms with Crippen LogP contribution in [-0.2, 0) is 0 Å². The highest BCUT2D eigenvalue weighted by atomic mass is 79.9. The van der Waals surface area contributed by atoms with Gasteiger partial charge in [0.15, 0.2) is 5.82 Å². The van der Waals surface area contributed by atoms with Crippen LogP contribution < -0.4 is 0 Å². The van der Waals surface area contributed by atoms with Gasteiger partial charge in [-0.05, 0) is 40.9 Å². The lowest BCUT2D eigenvalue weighted by atomic mass is 10.4. The summed E-state index contributed by atoms with van der Waals surface area (Å²) in [5, 5.41) is 3.78. The van der Waals surface area contributed by atoms with Crippen LogP contribution in [0.3, 0.4) is 0 Å². The smallest absolute Gasteiger partial charge is 0.153 e. The minimum absolute atomic E-state index is 0.0330. The quantitative estimate of drug-likeness (QED) is 0.773. The first-order valence-electron chi connectivity index (χ1n) is 7.26. The molecule has 13 heavy (non-hydrogen) atoms. The zero-order chi connectivity index (χ0) is 16.1. The SMILES string of the molecule is [2H]c1c(-n2nc(Br)c([2H])c2[2H])nc(C([2H])([2H])[2H])c([2H])c1[2H]. The normalized spacial score (nSPS) is 20.1. The van der Waals surface area contributed by atoms with E-state index in [9.17, 15) is 0 Å². The van der Waals surface area contributed by atoms with E-state index in [2.05, 4.69) is 26.0 Å². The minimum Gasteiger partial charge on any atom is -0.234 e. The molecule has 2 rings (SSSR count). The molecule has 4 heteroatoms. The van der Waals surface area contributed by atoms with E-state index in [-0.39, 0.29) is 16.5 Å². The van der Waals surface area contributed by atoms with E-state index >= 15 is 0 Å². The standard InChI is InChI=1S/C9H8BrN3/c1-7-3-2-4-9(11-7)13-6-5-8(10)12-13/h2-6H,1H3/i1D3,2D,3D,4D,5D,6D. The molecule has 0 fully saturated rings. The predicted molar refractivity (Wildman–Crippen MR) is 53.8 cm³/mol. The number of nitrogens with zero attached hydrogens (tertiary/aromatic N) is 3. The summed E-state index contributed by atoms with van der Waals surface area (Å²) in [6, 6.07) is -2.07. The Morgan fingerprint density at radius 1 is 1.54 bits per heavy atom. The molecule has 0 atom stereocenters. The van der Waals surface area contributed by atoms with Crippen molar-refractivity contribution >= 4 is 15.9 Å². The van der Waals surface area contributed by atoms with Crippen LogP contribution in [0, 0.1) is 6.85 Å². The van der Waals surface area contributed by atoms with Crippen LogP contribution >= 0.6 is 15.9 Å². The number of rotatable bonds is 1. The van der Waals surface area contributed by atoms with Gasteiger partial charge in [0, 0.05) is 16.0 Å². The number of aryl methyl sites for hydroxylation is 1. The van der Waals surface area contributed by atoms with Gasteiger partial charge in [-0.1, -0.05) is 6.04 Å². The van der Waals surface area contributed by atoms with Crippen molar-refractivity contribution in [1.29, 1.82) is 0 Å². The molecule has 2 heterocycles. The summed E-state index contributed by atoms with van der Waals surface area (Å²) in [7, 11) is 0. The van der Waals surface area contributed by atoms with E-state index in [1.54, 1.807) is 0 Å². The Morgan fingerprint density at radius 3 is 3.15 bits per heavy atom. The summed E-state index contributed by atoms with van der Waals surface area (Å²) in [5.74, 6) is -0.369. The average molecular weight is 246 g/mol. The Balaban J connectivity index is 2.81. The topological polar surface area (TPSA) is 30.7 Å². The van der Waals surface area contributed by atoms with Crippen molar-refractivity contribution in [2.24, 2.45) is 0 Å². The van der Waals surface area contributed by atoms with Gasteiger partial charge in [0.05, 0.1) is 6.85 Å². The molecule has 2 aromatic heterocycles. The molecular weight excluding hydrogens is 230 g/mol. The molecular formula is C9H8BrN3. The molecule has 0 bridgehead atoms. The van der Waals surface area contributed by atoms with Crippen molar-refractivity contribution in [2.75, 3.05) is 0 Å². The van der Waals surface area contributed by atoms with Gasteiger partial charge in [-0.15, -0.1) is 0 Å². The first-order valence-corrected chi connectivity index (χ1v) is 4.05. The van der Waals surface area contributed by atoms with Gasteiger partial charge in [-0.25, -0.2) is 9.67 Å². The summed E-state index contributed by atoms with van der Waals surface area (Å²) < 4.78 is 61.1. The molecule has 0 radical (unpaired) electrons. The lowest BCUT2D eigenvalue weighted by molar-refractivity contribution is 0.833. The van der Waals surface area contributed by atoms with E-state index in [0.717, 1.165) is 4.68 Å². The molecule has 66 valence electrons. The molecule has 3 nitrogen and oxygen atoms in total. The van der Waals surface area contributed by atoms with Crippen LogP contribution in [0.5, 0.6) is 0 Å². The first kappa shape index (κ1) is 3.20. The van der Waals surface area contributed by atoms with Crippen molar-refractivity contribution < 1.29 is 11.0 Å². The Morgan fingerprint density at radius 2 is 2.46 bits per heavy atom. The number of hydrogen-bond donors (Lipinski definition) is 0. The predicted octanol–water partition coefficient (Wildman–Crippen LogP) is 2.34. The Labute approximate surface area is 95.8 Å². The molecule has 0 saturated heterocycles. The van der Waals surface area contributed by atoms with E-state index in [1.165, 1.54) is 0 Å². The van der Waals surface area contributed by atoms with Crippen LogP contribution in [0.4, 0.5) is 0 Å². The number of hydrogen-bond acceptors (Lipinski definition) is 2. The van der Waals surface area contributed by atoms with Crippen molar-refractivity contribution in [3.63, 3.8) is 0 Å². The summed E-state index contributed by atoms with van der Waals surface area (Å²) >= 11 is 2.96. The molecule has 0 aliphatic rings. The van der Waals surface area contributed by atoms with Crippen molar-refractivity contribution in [2.45, 2.75) is 6.85 Å².